The molecule has 1 amide bonds. The zero-order valence-electron chi connectivity index (χ0n) is 15.4. The number of hydrogen-bond acceptors (Lipinski definition) is 5. The third kappa shape index (κ3) is 4.32. The molecule has 1 unspecified atom stereocenters. The van der Waals surface area contributed by atoms with Crippen molar-refractivity contribution in [2.75, 3.05) is 12.3 Å². The first kappa shape index (κ1) is 19.4. The van der Waals surface area contributed by atoms with E-state index in [9.17, 15) is 14.3 Å². The summed E-state index contributed by atoms with van der Waals surface area (Å²) in [6, 6.07) is 13.6. The van der Waals surface area contributed by atoms with Gasteiger partial charge in [0, 0.05) is 18.0 Å². The van der Waals surface area contributed by atoms with E-state index in [2.05, 4.69) is 15.3 Å². The fraction of sp³-hybridized carbons (Fsp3) is 0.190. The van der Waals surface area contributed by atoms with E-state index in [0.717, 1.165) is 5.56 Å². The topological polar surface area (TPSA) is 101 Å². The lowest BCUT2D eigenvalue weighted by Crippen LogP contribution is -2.23. The van der Waals surface area contributed by atoms with Gasteiger partial charge < -0.3 is 16.2 Å². The average Bonchev–Trinajstić information content (AvgIpc) is 2.72. The Kier molecular flexibility index (Phi) is 5.96. The molecule has 0 spiro atoms. The number of amides is 1. The zero-order valence-corrected chi connectivity index (χ0v) is 15.4. The van der Waals surface area contributed by atoms with Crippen molar-refractivity contribution in [3.8, 4) is 11.3 Å². The molecule has 28 heavy (non-hydrogen) atoms. The number of anilines is 1. The van der Waals surface area contributed by atoms with Gasteiger partial charge in [0.15, 0.2) is 0 Å². The Labute approximate surface area is 162 Å². The van der Waals surface area contributed by atoms with E-state index in [0.29, 0.717) is 23.5 Å². The van der Waals surface area contributed by atoms with Crippen LogP contribution in [0.25, 0.3) is 11.3 Å². The molecule has 2 aromatic carbocycles. The van der Waals surface area contributed by atoms with Gasteiger partial charge in [-0.2, -0.15) is 0 Å². The maximum atomic E-state index is 14.6. The minimum Gasteiger partial charge on any atom is -0.396 e. The number of aliphatic hydroxyl groups is 1. The molecule has 3 rings (SSSR count). The third-order valence-electron chi connectivity index (χ3n) is 4.38. The maximum absolute atomic E-state index is 14.6. The van der Waals surface area contributed by atoms with Gasteiger partial charge in [0.2, 0.25) is 0 Å². The minimum atomic E-state index is -0.676. The maximum Gasteiger partial charge on any atom is 0.254 e. The van der Waals surface area contributed by atoms with Gasteiger partial charge in [-0.05, 0) is 17.7 Å². The lowest BCUT2D eigenvalue weighted by atomic mass is 10.1. The highest BCUT2D eigenvalue weighted by atomic mass is 19.1. The summed E-state index contributed by atoms with van der Waals surface area (Å²) in [6.07, 6.45) is 1.49. The van der Waals surface area contributed by atoms with Gasteiger partial charge in [0.1, 0.15) is 17.3 Å². The van der Waals surface area contributed by atoms with Gasteiger partial charge in [-0.25, -0.2) is 14.4 Å². The predicted octanol–water partition coefficient (Wildman–Crippen LogP) is 2.89. The fourth-order valence-electron chi connectivity index (χ4n) is 2.68. The van der Waals surface area contributed by atoms with Gasteiger partial charge in [0.05, 0.1) is 24.1 Å². The number of aliphatic hydroxyl groups excluding tert-OH is 1. The molecule has 0 saturated heterocycles. The normalized spacial score (nSPS) is 11.8. The highest BCUT2D eigenvalue weighted by Gasteiger charge is 2.16. The largest absolute Gasteiger partial charge is 0.396 e. The van der Waals surface area contributed by atoms with Gasteiger partial charge in [0.25, 0.3) is 5.91 Å². The standard InChI is InChI=1S/C21H21FN4O2/c1-13(12-27)18-11-24-20(23)19(26-18)15-7-8-16(17(22)9-15)21(28)25-10-14-5-3-2-4-6-14/h2-9,11,13,27H,10,12H2,1H3,(H2,23,24)(H,25,28). The quantitative estimate of drug-likeness (QED) is 0.610. The van der Waals surface area contributed by atoms with E-state index in [1.54, 1.807) is 13.0 Å². The smallest absolute Gasteiger partial charge is 0.254 e. The Hall–Kier alpha value is -3.32. The van der Waals surface area contributed by atoms with Crippen molar-refractivity contribution in [1.29, 1.82) is 0 Å². The van der Waals surface area contributed by atoms with Crippen LogP contribution in [-0.2, 0) is 6.54 Å². The Morgan fingerprint density at radius 1 is 1.25 bits per heavy atom. The van der Waals surface area contributed by atoms with Crippen LogP contribution in [0.4, 0.5) is 10.2 Å². The summed E-state index contributed by atoms with van der Waals surface area (Å²) in [5.74, 6) is -1.26. The summed E-state index contributed by atoms with van der Waals surface area (Å²) in [7, 11) is 0. The summed E-state index contributed by atoms with van der Waals surface area (Å²) in [4.78, 5) is 20.8. The second-order valence-electron chi connectivity index (χ2n) is 6.48. The zero-order chi connectivity index (χ0) is 20.1. The minimum absolute atomic E-state index is 0.0638. The third-order valence-corrected chi connectivity index (χ3v) is 4.38. The second kappa shape index (κ2) is 8.58. The molecule has 144 valence electrons. The van der Waals surface area contributed by atoms with Gasteiger partial charge >= 0.3 is 0 Å². The van der Waals surface area contributed by atoms with E-state index >= 15 is 0 Å². The molecule has 0 fully saturated rings. The summed E-state index contributed by atoms with van der Waals surface area (Å²) >= 11 is 0. The predicted molar refractivity (Wildman–Crippen MR) is 105 cm³/mol. The van der Waals surface area contributed by atoms with Crippen molar-refractivity contribution < 1.29 is 14.3 Å². The number of carbonyl (C=O) groups is 1. The molecule has 0 aliphatic carbocycles. The van der Waals surface area contributed by atoms with E-state index in [1.165, 1.54) is 18.3 Å². The molecular weight excluding hydrogens is 359 g/mol. The Bertz CT molecular complexity index is 979. The summed E-state index contributed by atoms with van der Waals surface area (Å²) in [5.41, 5.74) is 8.02. The molecule has 0 aliphatic heterocycles. The van der Waals surface area contributed by atoms with Crippen LogP contribution in [0.3, 0.4) is 0 Å². The van der Waals surface area contributed by atoms with Crippen molar-refractivity contribution >= 4 is 11.7 Å². The molecule has 1 atom stereocenters. The number of nitrogens with one attached hydrogen (secondary N) is 1. The molecule has 0 aliphatic rings. The van der Waals surface area contributed by atoms with Gasteiger partial charge in [-0.1, -0.05) is 43.3 Å². The second-order valence-corrected chi connectivity index (χ2v) is 6.48. The number of halogens is 1. The number of rotatable bonds is 6. The van der Waals surface area contributed by atoms with Crippen molar-refractivity contribution in [1.82, 2.24) is 15.3 Å². The summed E-state index contributed by atoms with van der Waals surface area (Å²) < 4.78 is 14.6. The first-order chi connectivity index (χ1) is 13.5. The summed E-state index contributed by atoms with van der Waals surface area (Å²) in [6.45, 7) is 2.01. The number of benzene rings is 2. The van der Waals surface area contributed by atoms with Crippen LogP contribution in [0, 0.1) is 5.82 Å². The van der Waals surface area contributed by atoms with Crippen LogP contribution < -0.4 is 11.1 Å². The number of aromatic nitrogens is 2. The number of nitrogens with two attached hydrogens (primary N) is 1. The average molecular weight is 380 g/mol. The van der Waals surface area contributed by atoms with Crippen LogP contribution in [0.15, 0.2) is 54.7 Å². The van der Waals surface area contributed by atoms with Crippen molar-refractivity contribution in [3.63, 3.8) is 0 Å². The van der Waals surface area contributed by atoms with Crippen LogP contribution in [0.2, 0.25) is 0 Å². The molecule has 0 radical (unpaired) electrons. The number of nitrogens with zero attached hydrogens (tertiary/aromatic N) is 2. The van der Waals surface area contributed by atoms with Crippen LogP contribution in [0.1, 0.15) is 34.5 Å². The van der Waals surface area contributed by atoms with Gasteiger partial charge in [-0.3, -0.25) is 4.79 Å². The molecule has 0 bridgehead atoms. The Morgan fingerprint density at radius 3 is 2.68 bits per heavy atom. The highest BCUT2D eigenvalue weighted by Crippen LogP contribution is 2.26. The molecule has 7 heteroatoms. The fourth-order valence-corrected chi connectivity index (χ4v) is 2.68. The van der Waals surface area contributed by atoms with E-state index in [1.807, 2.05) is 30.3 Å². The van der Waals surface area contributed by atoms with Crippen LogP contribution in [0.5, 0.6) is 0 Å². The molecule has 4 N–H and O–H groups in total. The van der Waals surface area contributed by atoms with Crippen molar-refractivity contribution in [2.45, 2.75) is 19.4 Å². The van der Waals surface area contributed by atoms with Crippen LogP contribution in [-0.4, -0.2) is 27.6 Å². The first-order valence-electron chi connectivity index (χ1n) is 8.85. The van der Waals surface area contributed by atoms with E-state index in [4.69, 9.17) is 5.73 Å². The highest BCUT2D eigenvalue weighted by molar-refractivity contribution is 5.95. The molecule has 3 aromatic rings. The molecule has 1 heterocycles. The van der Waals surface area contributed by atoms with Crippen LogP contribution >= 0.6 is 0 Å². The monoisotopic (exact) mass is 380 g/mol. The first-order valence-corrected chi connectivity index (χ1v) is 8.85. The van der Waals surface area contributed by atoms with E-state index < -0.39 is 11.7 Å². The molecule has 1 aromatic heterocycles. The number of nitrogen functional groups attached to an aromatic ring is 1. The lowest BCUT2D eigenvalue weighted by Gasteiger charge is -2.12. The molecule has 6 nitrogen and oxygen atoms in total. The van der Waals surface area contributed by atoms with E-state index in [-0.39, 0.29) is 23.9 Å². The lowest BCUT2D eigenvalue weighted by molar-refractivity contribution is 0.0947. The molecule has 0 saturated carbocycles. The van der Waals surface area contributed by atoms with Crippen molar-refractivity contribution in [2.24, 2.45) is 0 Å². The number of carbonyl (C=O) groups excluding carboxylic acids is 1. The van der Waals surface area contributed by atoms with Gasteiger partial charge in [-0.15, -0.1) is 0 Å². The summed E-state index contributed by atoms with van der Waals surface area (Å²) in [5, 5.41) is 12.0. The SMILES string of the molecule is CC(CO)c1cnc(N)c(-c2ccc(C(=O)NCc3ccccc3)c(F)c2)n1. The number of hydrogen-bond donors (Lipinski definition) is 3. The Balaban J connectivity index is 1.81. The Morgan fingerprint density at radius 2 is 2.00 bits per heavy atom. The van der Waals surface area contributed by atoms with Crippen molar-refractivity contribution in [3.05, 3.63) is 77.4 Å². The molecular formula is C21H21FN4O2.